The zero-order valence-electron chi connectivity index (χ0n) is 18.5. The van der Waals surface area contributed by atoms with Crippen LogP contribution in [0.2, 0.25) is 5.02 Å². The van der Waals surface area contributed by atoms with Gasteiger partial charge >= 0.3 is 6.09 Å². The van der Waals surface area contributed by atoms with E-state index in [-0.39, 0.29) is 24.8 Å². The normalized spacial score (nSPS) is 30.8. The zero-order valence-corrected chi connectivity index (χ0v) is 20.0. The Labute approximate surface area is 195 Å². The lowest BCUT2D eigenvalue weighted by Crippen LogP contribution is -2.50. The van der Waals surface area contributed by atoms with Gasteiger partial charge in [0.2, 0.25) is 10.0 Å². The van der Waals surface area contributed by atoms with E-state index in [9.17, 15) is 13.2 Å². The molecule has 1 amide bonds. The number of nitrogens with zero attached hydrogens (tertiary/aromatic N) is 4. The number of piperazine rings is 1. The number of rotatable bonds is 3. The van der Waals surface area contributed by atoms with Gasteiger partial charge in [0.1, 0.15) is 6.61 Å². The quantitative estimate of drug-likeness (QED) is 0.658. The predicted octanol–water partition coefficient (Wildman–Crippen LogP) is 2.40. The summed E-state index contributed by atoms with van der Waals surface area (Å²) in [5.74, 6) is 0. The average Bonchev–Trinajstić information content (AvgIpc) is 3.35. The highest BCUT2D eigenvalue weighted by molar-refractivity contribution is 7.89. The van der Waals surface area contributed by atoms with Crippen molar-refractivity contribution in [3.8, 4) is 0 Å². The molecule has 3 fully saturated rings. The summed E-state index contributed by atoms with van der Waals surface area (Å²) in [6.07, 6.45) is 2.96. The number of likely N-dealkylation sites (tertiary alicyclic amines) is 1. The van der Waals surface area contributed by atoms with Crippen molar-refractivity contribution in [1.29, 1.82) is 0 Å². The summed E-state index contributed by atoms with van der Waals surface area (Å²) in [5, 5.41) is 0.540. The van der Waals surface area contributed by atoms with Gasteiger partial charge in [0.15, 0.2) is 0 Å². The highest BCUT2D eigenvalue weighted by Gasteiger charge is 2.48. The number of hydrogen-bond acceptors (Lipinski definition) is 6. The Balaban J connectivity index is 1.21. The van der Waals surface area contributed by atoms with Gasteiger partial charge in [-0.1, -0.05) is 11.6 Å². The first-order chi connectivity index (χ1) is 15.3. The van der Waals surface area contributed by atoms with Crippen molar-refractivity contribution < 1.29 is 17.9 Å². The monoisotopic (exact) mass is 482 g/mol. The molecule has 0 aromatic heterocycles. The molecule has 0 saturated carbocycles. The molecule has 3 saturated heterocycles. The molecule has 4 heterocycles. The van der Waals surface area contributed by atoms with E-state index in [0.29, 0.717) is 35.5 Å². The number of fused-ring (bicyclic) bond motifs is 3. The molecule has 1 aromatic carbocycles. The Morgan fingerprint density at radius 2 is 1.91 bits per heavy atom. The minimum absolute atomic E-state index is 0.0892. The number of hydrogen-bond donors (Lipinski definition) is 0. The smallest absolute Gasteiger partial charge is 0.409 e. The average molecular weight is 483 g/mol. The van der Waals surface area contributed by atoms with Gasteiger partial charge in [0.25, 0.3) is 0 Å². The van der Waals surface area contributed by atoms with E-state index in [4.69, 9.17) is 16.3 Å². The first kappa shape index (κ1) is 22.4. The van der Waals surface area contributed by atoms with E-state index >= 15 is 0 Å². The topological polar surface area (TPSA) is 73.4 Å². The molecule has 10 heteroatoms. The van der Waals surface area contributed by atoms with Crippen molar-refractivity contribution in [2.75, 3.05) is 52.9 Å². The van der Waals surface area contributed by atoms with Gasteiger partial charge in [0, 0.05) is 50.3 Å². The lowest BCUT2D eigenvalue weighted by molar-refractivity contribution is 0.0649. The molecule has 0 N–H and O–H groups in total. The molecule has 4 aliphatic heterocycles. The molecule has 1 aromatic rings. The van der Waals surface area contributed by atoms with Crippen molar-refractivity contribution in [3.63, 3.8) is 0 Å². The summed E-state index contributed by atoms with van der Waals surface area (Å²) < 4.78 is 33.6. The molecule has 8 nitrogen and oxygen atoms in total. The standard InChI is InChI=1S/C22H31ClN4O4S/c1-24-9-11-25(12-10-24)17-7-8-26(14-17)22(28)31-15-18-3-2-4-20-19-13-16(23)5-6-21(19)32(29,30)27(18)20/h5-6,13,17-18,20H,2-4,7-12,14-15H2,1H3/t17?,18-,20+/m1/s1. The zero-order chi connectivity index (χ0) is 22.5. The number of piperidine rings is 1. The fourth-order valence-electron chi connectivity index (χ4n) is 5.65. The minimum atomic E-state index is -3.61. The maximum atomic E-state index is 13.2. The summed E-state index contributed by atoms with van der Waals surface area (Å²) in [6, 6.07) is 4.79. The van der Waals surface area contributed by atoms with Crippen molar-refractivity contribution in [2.45, 2.75) is 48.7 Å². The number of carbonyl (C=O) groups is 1. The molecule has 0 aliphatic carbocycles. The Kier molecular flexibility index (Phi) is 6.13. The van der Waals surface area contributed by atoms with Gasteiger partial charge in [-0.2, -0.15) is 4.31 Å². The first-order valence-electron chi connectivity index (χ1n) is 11.5. The summed E-state index contributed by atoms with van der Waals surface area (Å²) in [7, 11) is -1.47. The van der Waals surface area contributed by atoms with Crippen molar-refractivity contribution >= 4 is 27.7 Å². The Hall–Kier alpha value is -1.39. The Morgan fingerprint density at radius 1 is 1.12 bits per heavy atom. The van der Waals surface area contributed by atoms with Crippen LogP contribution < -0.4 is 0 Å². The maximum Gasteiger partial charge on any atom is 0.409 e. The Morgan fingerprint density at radius 3 is 2.69 bits per heavy atom. The molecule has 0 bridgehead atoms. The summed E-state index contributed by atoms with van der Waals surface area (Å²) in [4.78, 5) is 19.7. The molecular weight excluding hydrogens is 452 g/mol. The van der Waals surface area contributed by atoms with Gasteiger partial charge in [0.05, 0.1) is 17.0 Å². The van der Waals surface area contributed by atoms with Crippen LogP contribution in [-0.4, -0.2) is 98.5 Å². The third-order valence-corrected chi connectivity index (χ3v) is 9.71. The number of sulfonamides is 1. The SMILES string of the molecule is CN1CCN(C2CCN(C(=O)OC[C@H]3CCC[C@H]4c5cc(Cl)ccc5S(=O)(=O)N34)C2)CC1. The third-order valence-electron chi connectivity index (χ3n) is 7.44. The van der Waals surface area contributed by atoms with Crippen LogP contribution in [-0.2, 0) is 14.8 Å². The molecular formula is C22H31ClN4O4S. The van der Waals surface area contributed by atoms with Crippen LogP contribution in [0, 0.1) is 0 Å². The molecule has 176 valence electrons. The lowest BCUT2D eigenvalue weighted by atomic mass is 9.94. The maximum absolute atomic E-state index is 13.2. The van der Waals surface area contributed by atoms with Crippen molar-refractivity contribution in [1.82, 2.24) is 19.0 Å². The van der Waals surface area contributed by atoms with Crippen LogP contribution >= 0.6 is 11.6 Å². The van der Waals surface area contributed by atoms with Crippen LogP contribution in [0.5, 0.6) is 0 Å². The number of ether oxygens (including phenoxy) is 1. The number of likely N-dealkylation sites (N-methyl/N-ethyl adjacent to an activating group) is 1. The molecule has 5 rings (SSSR count). The van der Waals surface area contributed by atoms with Crippen LogP contribution in [0.1, 0.15) is 37.3 Å². The third kappa shape index (κ3) is 4.03. The summed E-state index contributed by atoms with van der Waals surface area (Å²) >= 11 is 6.14. The predicted molar refractivity (Wildman–Crippen MR) is 121 cm³/mol. The van der Waals surface area contributed by atoms with Crippen LogP contribution in [0.3, 0.4) is 0 Å². The molecule has 1 unspecified atom stereocenters. The summed E-state index contributed by atoms with van der Waals surface area (Å²) in [6.45, 7) is 5.64. The number of carbonyl (C=O) groups excluding carboxylic acids is 1. The fraction of sp³-hybridized carbons (Fsp3) is 0.682. The highest BCUT2D eigenvalue weighted by atomic mass is 35.5. The van der Waals surface area contributed by atoms with Gasteiger partial charge in [-0.15, -0.1) is 0 Å². The van der Waals surface area contributed by atoms with Crippen LogP contribution in [0.25, 0.3) is 0 Å². The second kappa shape index (κ2) is 8.76. The molecule has 3 atom stereocenters. The van der Waals surface area contributed by atoms with Gasteiger partial charge in [-0.05, 0) is 56.5 Å². The number of benzene rings is 1. The summed E-state index contributed by atoms with van der Waals surface area (Å²) in [5.41, 5.74) is 0.767. The van der Waals surface area contributed by atoms with E-state index < -0.39 is 10.0 Å². The van der Waals surface area contributed by atoms with E-state index in [2.05, 4.69) is 16.8 Å². The minimum Gasteiger partial charge on any atom is -0.448 e. The fourth-order valence-corrected chi connectivity index (χ4v) is 7.90. The Bertz CT molecular complexity index is 982. The highest BCUT2D eigenvalue weighted by Crippen LogP contribution is 2.47. The van der Waals surface area contributed by atoms with Gasteiger partial charge in [-0.3, -0.25) is 4.90 Å². The van der Waals surface area contributed by atoms with Crippen LogP contribution in [0.15, 0.2) is 23.1 Å². The van der Waals surface area contributed by atoms with E-state index in [1.54, 1.807) is 27.4 Å². The molecule has 0 spiro atoms. The van der Waals surface area contributed by atoms with Gasteiger partial charge < -0.3 is 14.5 Å². The largest absolute Gasteiger partial charge is 0.448 e. The first-order valence-corrected chi connectivity index (χ1v) is 13.3. The molecule has 4 aliphatic rings. The number of amides is 1. The second-order valence-corrected chi connectivity index (χ2v) is 11.7. The van der Waals surface area contributed by atoms with Crippen molar-refractivity contribution in [3.05, 3.63) is 28.8 Å². The second-order valence-electron chi connectivity index (χ2n) is 9.42. The van der Waals surface area contributed by atoms with E-state index in [1.807, 2.05) is 0 Å². The lowest BCUT2D eigenvalue weighted by Gasteiger charge is -2.36. The van der Waals surface area contributed by atoms with Gasteiger partial charge in [-0.25, -0.2) is 13.2 Å². The van der Waals surface area contributed by atoms with E-state index in [1.165, 1.54) is 0 Å². The van der Waals surface area contributed by atoms with Crippen molar-refractivity contribution in [2.24, 2.45) is 0 Å². The molecule has 0 radical (unpaired) electrons. The van der Waals surface area contributed by atoms with Crippen LogP contribution in [0.4, 0.5) is 4.79 Å². The number of halogens is 1. The van der Waals surface area contributed by atoms with E-state index in [0.717, 1.165) is 51.0 Å². The molecule has 32 heavy (non-hydrogen) atoms.